The zero-order valence-electron chi connectivity index (χ0n) is 18.8. The van der Waals surface area contributed by atoms with Gasteiger partial charge in [0.15, 0.2) is 5.78 Å². The third kappa shape index (κ3) is 9.32. The number of halogens is 4. The van der Waals surface area contributed by atoms with Crippen LogP contribution in [0.5, 0.6) is 5.75 Å². The number of ether oxygens (including phenoxy) is 1. The summed E-state index contributed by atoms with van der Waals surface area (Å²) >= 11 is 0. The first-order chi connectivity index (χ1) is 16.5. The Morgan fingerprint density at radius 1 is 1.11 bits per heavy atom. The van der Waals surface area contributed by atoms with Gasteiger partial charge in [-0.3, -0.25) is 19.5 Å². The minimum absolute atomic E-state index is 0.00252. The highest BCUT2D eigenvalue weighted by Gasteiger charge is 2.38. The number of ketones is 1. The Hall–Kier alpha value is -3.54. The number of carboxylic acid groups (broad SMARTS) is 1. The van der Waals surface area contributed by atoms with E-state index < -0.39 is 12.1 Å². The second kappa shape index (κ2) is 12.8. The van der Waals surface area contributed by atoms with Gasteiger partial charge in [0, 0.05) is 18.3 Å². The molecule has 190 valence electrons. The van der Waals surface area contributed by atoms with E-state index in [4.69, 9.17) is 14.6 Å². The van der Waals surface area contributed by atoms with Gasteiger partial charge < -0.3 is 15.2 Å². The maximum atomic E-state index is 13.0. The van der Waals surface area contributed by atoms with Crippen molar-refractivity contribution in [3.8, 4) is 5.75 Å². The van der Waals surface area contributed by atoms with Crippen molar-refractivity contribution in [2.45, 2.75) is 19.0 Å². The van der Waals surface area contributed by atoms with Crippen molar-refractivity contribution in [2.75, 3.05) is 33.3 Å². The van der Waals surface area contributed by atoms with Crippen molar-refractivity contribution in [3.05, 3.63) is 59.7 Å². The summed E-state index contributed by atoms with van der Waals surface area (Å²) in [6.07, 6.45) is -0.193. The largest absolute Gasteiger partial charge is 0.495 e. The van der Waals surface area contributed by atoms with Crippen LogP contribution in [0, 0.1) is 11.7 Å². The summed E-state index contributed by atoms with van der Waals surface area (Å²) in [5.41, 5.74) is 1.00. The number of nitrogens with zero attached hydrogens (tertiary/aromatic N) is 2. The number of carbonyl (C=O) groups is 3. The number of pyridine rings is 1. The van der Waals surface area contributed by atoms with Gasteiger partial charge in [0.05, 0.1) is 25.4 Å². The van der Waals surface area contributed by atoms with Crippen LogP contribution >= 0.6 is 0 Å². The molecule has 0 aliphatic carbocycles. The van der Waals surface area contributed by atoms with Gasteiger partial charge in [-0.25, -0.2) is 9.18 Å². The predicted molar refractivity (Wildman–Crippen MR) is 117 cm³/mol. The summed E-state index contributed by atoms with van der Waals surface area (Å²) < 4.78 is 49.8. The number of amides is 1. The van der Waals surface area contributed by atoms with Crippen molar-refractivity contribution in [2.24, 2.45) is 5.92 Å². The number of likely N-dealkylation sites (tertiary alicyclic amines) is 1. The minimum atomic E-state index is -5.08. The molecule has 1 aromatic carbocycles. The van der Waals surface area contributed by atoms with Crippen LogP contribution in [0.4, 0.5) is 17.6 Å². The summed E-state index contributed by atoms with van der Waals surface area (Å²) in [4.78, 5) is 39.5. The van der Waals surface area contributed by atoms with Crippen LogP contribution in [-0.2, 0) is 4.79 Å². The molecule has 1 aromatic heterocycles. The Morgan fingerprint density at radius 2 is 1.71 bits per heavy atom. The van der Waals surface area contributed by atoms with Gasteiger partial charge in [-0.1, -0.05) is 0 Å². The normalized spacial score (nSPS) is 14.4. The molecule has 8 nitrogen and oxygen atoms in total. The quantitative estimate of drug-likeness (QED) is 0.445. The van der Waals surface area contributed by atoms with Gasteiger partial charge >= 0.3 is 12.1 Å². The summed E-state index contributed by atoms with van der Waals surface area (Å²) in [5, 5.41) is 10.1. The number of nitrogens with one attached hydrogen (secondary N) is 1. The number of alkyl halides is 3. The lowest BCUT2D eigenvalue weighted by Gasteiger charge is -2.31. The van der Waals surface area contributed by atoms with Gasteiger partial charge in [0.1, 0.15) is 11.6 Å². The molecule has 2 aromatic rings. The molecule has 2 N–H and O–H groups in total. The monoisotopic (exact) mass is 499 g/mol. The van der Waals surface area contributed by atoms with Crippen LogP contribution < -0.4 is 10.1 Å². The lowest BCUT2D eigenvalue weighted by Crippen LogP contribution is -2.40. The van der Waals surface area contributed by atoms with E-state index in [0.717, 1.165) is 25.9 Å². The maximum Gasteiger partial charge on any atom is 0.490 e. The molecule has 2 heterocycles. The van der Waals surface area contributed by atoms with Gasteiger partial charge in [-0.15, -0.1) is 0 Å². The highest BCUT2D eigenvalue weighted by Crippen LogP contribution is 2.18. The number of piperidine rings is 1. The molecule has 12 heteroatoms. The highest BCUT2D eigenvalue weighted by atomic mass is 19.4. The Kier molecular flexibility index (Phi) is 10.1. The smallest absolute Gasteiger partial charge is 0.490 e. The molecule has 1 amide bonds. The topological polar surface area (TPSA) is 109 Å². The van der Waals surface area contributed by atoms with Crippen molar-refractivity contribution in [1.29, 1.82) is 0 Å². The molecular weight excluding hydrogens is 474 g/mol. The van der Waals surface area contributed by atoms with Crippen LogP contribution in [0.25, 0.3) is 0 Å². The highest BCUT2D eigenvalue weighted by molar-refractivity contribution is 5.97. The second-order valence-electron chi connectivity index (χ2n) is 7.78. The molecule has 0 atom stereocenters. The Bertz CT molecular complexity index is 1010. The Balaban J connectivity index is 0.000000540. The lowest BCUT2D eigenvalue weighted by atomic mass is 9.96. The lowest BCUT2D eigenvalue weighted by molar-refractivity contribution is -0.192. The molecule has 35 heavy (non-hydrogen) atoms. The van der Waals surface area contributed by atoms with Crippen molar-refractivity contribution >= 4 is 17.7 Å². The van der Waals surface area contributed by atoms with E-state index >= 15 is 0 Å². The first-order valence-corrected chi connectivity index (χ1v) is 10.6. The summed E-state index contributed by atoms with van der Waals surface area (Å²) in [5.74, 6) is -2.35. The van der Waals surface area contributed by atoms with Crippen molar-refractivity contribution < 1.29 is 41.8 Å². The predicted octanol–water partition coefficient (Wildman–Crippen LogP) is 3.19. The molecule has 0 saturated carbocycles. The fourth-order valence-corrected chi connectivity index (χ4v) is 3.27. The average Bonchev–Trinajstić information content (AvgIpc) is 2.83. The second-order valence-corrected chi connectivity index (χ2v) is 7.78. The van der Waals surface area contributed by atoms with E-state index in [1.54, 1.807) is 12.3 Å². The molecule has 0 radical (unpaired) electrons. The van der Waals surface area contributed by atoms with Gasteiger partial charge in [0.2, 0.25) is 0 Å². The van der Waals surface area contributed by atoms with E-state index in [2.05, 4.69) is 15.2 Å². The number of aliphatic carboxylic acids is 1. The van der Waals surface area contributed by atoms with Gasteiger partial charge in [-0.05, 0) is 62.2 Å². The standard InChI is InChI=1S/C21H24FN3O3.C2HF3O2/c1-28-19-10-17(12-23-13-19)21(27)24-11-15-6-8-25(9-7-15)14-20(26)16-2-4-18(22)5-3-16;3-2(4,5)1(6)7/h2-5,10,12-13,15H,6-9,11,14H2,1H3,(H,24,27);(H,6,7). The molecule has 1 aliphatic rings. The minimum Gasteiger partial charge on any atom is -0.495 e. The third-order valence-corrected chi connectivity index (χ3v) is 5.25. The molecule has 1 fully saturated rings. The number of hydrogen-bond acceptors (Lipinski definition) is 6. The van der Waals surface area contributed by atoms with E-state index in [9.17, 15) is 27.2 Å². The van der Waals surface area contributed by atoms with E-state index in [0.29, 0.717) is 35.9 Å². The first kappa shape index (κ1) is 27.7. The number of carboxylic acids is 1. The third-order valence-electron chi connectivity index (χ3n) is 5.25. The molecule has 1 saturated heterocycles. The summed E-state index contributed by atoms with van der Waals surface area (Å²) in [6.45, 7) is 2.53. The van der Waals surface area contributed by atoms with Gasteiger partial charge in [0.25, 0.3) is 5.91 Å². The molecule has 0 unspecified atom stereocenters. The van der Waals surface area contributed by atoms with E-state index in [-0.39, 0.29) is 17.5 Å². The number of hydrogen-bond donors (Lipinski definition) is 2. The molecule has 0 bridgehead atoms. The SMILES string of the molecule is COc1cncc(C(=O)NCC2CCN(CC(=O)c3ccc(F)cc3)CC2)c1.O=C(O)C(F)(F)F. The number of benzene rings is 1. The maximum absolute atomic E-state index is 13.0. The van der Waals surface area contributed by atoms with Crippen LogP contribution in [0.15, 0.2) is 42.7 Å². The fourth-order valence-electron chi connectivity index (χ4n) is 3.27. The first-order valence-electron chi connectivity index (χ1n) is 10.6. The number of Topliss-reactive ketones (excluding diaryl/α,β-unsaturated/α-hetero) is 1. The molecular formula is C23H25F4N3O5. The Labute approximate surface area is 198 Å². The average molecular weight is 499 g/mol. The zero-order chi connectivity index (χ0) is 26.0. The molecule has 0 spiro atoms. The molecule has 1 aliphatic heterocycles. The van der Waals surface area contributed by atoms with Crippen LogP contribution in [-0.4, -0.2) is 72.1 Å². The number of aromatic nitrogens is 1. The molecule has 3 rings (SSSR count). The van der Waals surface area contributed by atoms with Crippen molar-refractivity contribution in [1.82, 2.24) is 15.2 Å². The van der Waals surface area contributed by atoms with Crippen LogP contribution in [0.2, 0.25) is 0 Å². The number of rotatable bonds is 7. The number of carbonyl (C=O) groups excluding carboxylic acids is 2. The van der Waals surface area contributed by atoms with E-state index in [1.165, 1.54) is 37.6 Å². The van der Waals surface area contributed by atoms with Gasteiger partial charge in [-0.2, -0.15) is 13.2 Å². The van der Waals surface area contributed by atoms with E-state index in [1.807, 2.05) is 0 Å². The van der Waals surface area contributed by atoms with Crippen molar-refractivity contribution in [3.63, 3.8) is 0 Å². The summed E-state index contributed by atoms with van der Waals surface area (Å²) in [7, 11) is 1.54. The zero-order valence-corrected chi connectivity index (χ0v) is 18.8. The Morgan fingerprint density at radius 3 is 2.26 bits per heavy atom. The van der Waals surface area contributed by atoms with Crippen LogP contribution in [0.1, 0.15) is 33.6 Å². The summed E-state index contributed by atoms with van der Waals surface area (Å²) in [6, 6.07) is 7.31. The fraction of sp³-hybridized carbons (Fsp3) is 0.391. The van der Waals surface area contributed by atoms with Crippen LogP contribution in [0.3, 0.4) is 0 Å². The number of methoxy groups -OCH3 is 1.